The Bertz CT molecular complexity index is 545. The van der Waals surface area contributed by atoms with Crippen molar-refractivity contribution in [3.63, 3.8) is 0 Å². The molecule has 0 saturated carbocycles. The summed E-state index contributed by atoms with van der Waals surface area (Å²) in [6, 6.07) is 3.28. The van der Waals surface area contributed by atoms with Gasteiger partial charge in [0.2, 0.25) is 5.91 Å². The number of likely N-dealkylation sites (N-methyl/N-ethyl adjacent to an activating group) is 1. The molecule has 1 aliphatic heterocycles. The number of hydrogen-bond donors (Lipinski definition) is 3. The molecular formula is C16H25FN4O2. The number of piperazine rings is 1. The first-order valence-corrected chi connectivity index (χ1v) is 7.81. The van der Waals surface area contributed by atoms with E-state index >= 15 is 0 Å². The van der Waals surface area contributed by atoms with E-state index in [9.17, 15) is 14.3 Å². The summed E-state index contributed by atoms with van der Waals surface area (Å²) in [6.45, 7) is 4.70. The molecule has 1 saturated heterocycles. The van der Waals surface area contributed by atoms with Crippen LogP contribution in [0.3, 0.4) is 0 Å². The summed E-state index contributed by atoms with van der Waals surface area (Å²) in [6.07, 6.45) is 0. The van der Waals surface area contributed by atoms with Crippen LogP contribution in [0.2, 0.25) is 0 Å². The molecule has 0 aromatic heterocycles. The molecule has 128 valence electrons. The molecule has 6 nitrogen and oxygen atoms in total. The lowest BCUT2D eigenvalue weighted by atomic mass is 10.0. The number of halogens is 1. The van der Waals surface area contributed by atoms with Gasteiger partial charge in [-0.1, -0.05) is 0 Å². The minimum absolute atomic E-state index is 0.315. The molecule has 4 N–H and O–H groups in total. The maximum atomic E-state index is 14.0. The fourth-order valence-electron chi connectivity index (χ4n) is 2.58. The largest absolute Gasteiger partial charge is 0.394 e. The Balaban J connectivity index is 2.19. The highest BCUT2D eigenvalue weighted by molar-refractivity contribution is 5.81. The molecular weight excluding hydrogens is 299 g/mol. The number of nitrogens with zero attached hydrogens (tertiary/aromatic N) is 2. The summed E-state index contributed by atoms with van der Waals surface area (Å²) in [5.74, 6) is -0.764. The molecule has 2 rings (SSSR count). The molecule has 0 aliphatic carbocycles. The third-order valence-electron chi connectivity index (χ3n) is 4.09. The van der Waals surface area contributed by atoms with Crippen LogP contribution in [0.25, 0.3) is 0 Å². The SMILES string of the molecule is C[C@@H](N)C(=O)N[C@H](CO)c1cc(F)cc(N2CCN(C)CC2)c1. The molecule has 0 radical (unpaired) electrons. The van der Waals surface area contributed by atoms with Gasteiger partial charge in [0, 0.05) is 31.9 Å². The normalized spacial score (nSPS) is 18.6. The zero-order chi connectivity index (χ0) is 17.0. The van der Waals surface area contributed by atoms with Crippen LogP contribution in [0.15, 0.2) is 18.2 Å². The van der Waals surface area contributed by atoms with Crippen LogP contribution in [0.5, 0.6) is 0 Å². The lowest BCUT2D eigenvalue weighted by molar-refractivity contribution is -0.123. The van der Waals surface area contributed by atoms with Crippen molar-refractivity contribution < 1.29 is 14.3 Å². The van der Waals surface area contributed by atoms with Crippen LogP contribution in [-0.2, 0) is 4.79 Å². The van der Waals surface area contributed by atoms with Gasteiger partial charge in [0.1, 0.15) is 5.82 Å². The first-order chi connectivity index (χ1) is 10.9. The Morgan fingerprint density at radius 2 is 2.00 bits per heavy atom. The molecule has 0 bridgehead atoms. The van der Waals surface area contributed by atoms with Crippen molar-refractivity contribution in [2.45, 2.75) is 19.0 Å². The van der Waals surface area contributed by atoms with Crippen LogP contribution >= 0.6 is 0 Å². The second-order valence-electron chi connectivity index (χ2n) is 6.07. The highest BCUT2D eigenvalue weighted by atomic mass is 19.1. The highest BCUT2D eigenvalue weighted by Gasteiger charge is 2.20. The Morgan fingerprint density at radius 3 is 2.57 bits per heavy atom. The number of nitrogens with one attached hydrogen (secondary N) is 1. The van der Waals surface area contributed by atoms with Gasteiger partial charge in [-0.25, -0.2) is 4.39 Å². The van der Waals surface area contributed by atoms with Crippen LogP contribution in [-0.4, -0.2) is 61.8 Å². The quantitative estimate of drug-likeness (QED) is 0.714. The zero-order valence-electron chi connectivity index (χ0n) is 13.6. The minimum Gasteiger partial charge on any atom is -0.394 e. The van der Waals surface area contributed by atoms with Crippen LogP contribution < -0.4 is 16.0 Å². The van der Waals surface area contributed by atoms with Crippen molar-refractivity contribution in [1.82, 2.24) is 10.2 Å². The Morgan fingerprint density at radius 1 is 1.35 bits per heavy atom. The monoisotopic (exact) mass is 324 g/mol. The number of carbonyl (C=O) groups is 1. The first kappa shape index (κ1) is 17.7. The van der Waals surface area contributed by atoms with Gasteiger partial charge in [-0.2, -0.15) is 0 Å². The summed E-state index contributed by atoms with van der Waals surface area (Å²) in [5.41, 5.74) is 6.83. The summed E-state index contributed by atoms with van der Waals surface area (Å²) >= 11 is 0. The number of anilines is 1. The summed E-state index contributed by atoms with van der Waals surface area (Å²) < 4.78 is 14.0. The smallest absolute Gasteiger partial charge is 0.237 e. The van der Waals surface area contributed by atoms with Crippen molar-refractivity contribution in [3.05, 3.63) is 29.6 Å². The Kier molecular flexibility index (Phi) is 5.92. The van der Waals surface area contributed by atoms with Crippen molar-refractivity contribution in [3.8, 4) is 0 Å². The van der Waals surface area contributed by atoms with Gasteiger partial charge in [-0.05, 0) is 37.7 Å². The highest BCUT2D eigenvalue weighted by Crippen LogP contribution is 2.24. The maximum Gasteiger partial charge on any atom is 0.237 e. The second kappa shape index (κ2) is 7.72. The van der Waals surface area contributed by atoms with Gasteiger partial charge in [0.15, 0.2) is 0 Å². The summed E-state index contributed by atoms with van der Waals surface area (Å²) in [4.78, 5) is 16.1. The minimum atomic E-state index is -0.685. The van der Waals surface area contributed by atoms with Crippen LogP contribution in [0, 0.1) is 5.82 Å². The lowest BCUT2D eigenvalue weighted by Crippen LogP contribution is -2.44. The third-order valence-corrected chi connectivity index (χ3v) is 4.09. The Hall–Kier alpha value is -1.70. The first-order valence-electron chi connectivity index (χ1n) is 7.81. The van der Waals surface area contributed by atoms with Crippen LogP contribution in [0.4, 0.5) is 10.1 Å². The number of nitrogens with two attached hydrogens (primary N) is 1. The van der Waals surface area contributed by atoms with Gasteiger partial charge in [0.05, 0.1) is 18.7 Å². The molecule has 0 spiro atoms. The number of rotatable bonds is 5. The predicted molar refractivity (Wildman–Crippen MR) is 87.7 cm³/mol. The number of hydrogen-bond acceptors (Lipinski definition) is 5. The van der Waals surface area contributed by atoms with E-state index in [1.807, 2.05) is 6.07 Å². The summed E-state index contributed by atoms with van der Waals surface area (Å²) in [5, 5.41) is 12.2. The van der Waals surface area contributed by atoms with E-state index in [0.29, 0.717) is 5.56 Å². The van der Waals surface area contributed by atoms with Crippen molar-refractivity contribution in [2.24, 2.45) is 5.73 Å². The number of aliphatic hydroxyl groups excluding tert-OH is 1. The molecule has 1 heterocycles. The fourth-order valence-corrected chi connectivity index (χ4v) is 2.58. The molecule has 7 heteroatoms. The van der Waals surface area contributed by atoms with E-state index in [1.165, 1.54) is 12.1 Å². The van der Waals surface area contributed by atoms with Gasteiger partial charge < -0.3 is 26.0 Å². The predicted octanol–water partition coefficient (Wildman–Crippen LogP) is 0.0743. The lowest BCUT2D eigenvalue weighted by Gasteiger charge is -2.34. The van der Waals surface area contributed by atoms with Gasteiger partial charge >= 0.3 is 0 Å². The van der Waals surface area contributed by atoms with E-state index in [2.05, 4.69) is 22.2 Å². The van der Waals surface area contributed by atoms with E-state index in [4.69, 9.17) is 5.73 Å². The van der Waals surface area contributed by atoms with Crippen LogP contribution in [0.1, 0.15) is 18.5 Å². The van der Waals surface area contributed by atoms with E-state index in [0.717, 1.165) is 31.9 Å². The molecule has 1 aromatic carbocycles. The number of carbonyl (C=O) groups excluding carboxylic acids is 1. The molecule has 23 heavy (non-hydrogen) atoms. The fraction of sp³-hybridized carbons (Fsp3) is 0.562. The van der Waals surface area contributed by atoms with Gasteiger partial charge in [-0.3, -0.25) is 4.79 Å². The van der Waals surface area contributed by atoms with Gasteiger partial charge in [-0.15, -0.1) is 0 Å². The van der Waals surface area contributed by atoms with E-state index < -0.39 is 12.1 Å². The Labute approximate surface area is 136 Å². The van der Waals surface area contributed by atoms with Gasteiger partial charge in [0.25, 0.3) is 0 Å². The standard InChI is InChI=1S/C16H25FN4O2/c1-11(18)16(23)19-15(10-22)12-7-13(17)9-14(8-12)21-5-3-20(2)4-6-21/h7-9,11,15,22H,3-6,10,18H2,1-2H3,(H,19,23)/t11-,15-/m1/s1. The van der Waals surface area contributed by atoms with Crippen molar-refractivity contribution >= 4 is 11.6 Å². The third kappa shape index (κ3) is 4.63. The van der Waals surface area contributed by atoms with Crippen molar-refractivity contribution in [1.29, 1.82) is 0 Å². The average Bonchev–Trinajstić information content (AvgIpc) is 2.52. The molecule has 0 unspecified atom stereocenters. The van der Waals surface area contributed by atoms with E-state index in [1.54, 1.807) is 6.92 Å². The zero-order valence-corrected chi connectivity index (χ0v) is 13.6. The average molecular weight is 324 g/mol. The topological polar surface area (TPSA) is 81.8 Å². The van der Waals surface area contributed by atoms with E-state index in [-0.39, 0.29) is 18.3 Å². The molecule has 1 amide bonds. The van der Waals surface area contributed by atoms with Crippen molar-refractivity contribution in [2.75, 3.05) is 44.7 Å². The number of amides is 1. The molecule has 1 fully saturated rings. The number of aliphatic hydroxyl groups is 1. The number of benzene rings is 1. The molecule has 1 aromatic rings. The summed E-state index contributed by atoms with van der Waals surface area (Å²) in [7, 11) is 2.06. The molecule has 2 atom stereocenters. The molecule has 1 aliphatic rings. The second-order valence-corrected chi connectivity index (χ2v) is 6.07. The maximum absolute atomic E-state index is 14.0.